The number of amides is 2. The first-order valence-corrected chi connectivity index (χ1v) is 13.0. The molecule has 11 heteroatoms. The number of aliphatic hydroxyl groups excluding tert-OH is 1. The first-order chi connectivity index (χ1) is 19.7. The van der Waals surface area contributed by atoms with Crippen LogP contribution in [0.25, 0.3) is 22.1 Å². The molecule has 2 amide bonds. The molecule has 0 radical (unpaired) electrons. The van der Waals surface area contributed by atoms with Gasteiger partial charge in [-0.15, -0.1) is 0 Å². The Hall–Kier alpha value is -4.87. The van der Waals surface area contributed by atoms with Crippen molar-refractivity contribution in [1.29, 1.82) is 0 Å². The minimum Gasteiger partial charge on any atom is -0.480 e. The van der Waals surface area contributed by atoms with Crippen LogP contribution in [-0.4, -0.2) is 56.5 Å². The highest BCUT2D eigenvalue weighted by atomic mass is 16.6. The highest BCUT2D eigenvalue weighted by Gasteiger charge is 2.68. The van der Waals surface area contributed by atoms with Crippen LogP contribution in [-0.2, 0) is 20.8 Å². The van der Waals surface area contributed by atoms with Crippen molar-refractivity contribution in [3.05, 3.63) is 100 Å². The number of hydrogen-bond acceptors (Lipinski definition) is 8. The summed E-state index contributed by atoms with van der Waals surface area (Å²) in [5, 5.41) is 36.2. The predicted molar refractivity (Wildman–Crippen MR) is 145 cm³/mol. The summed E-state index contributed by atoms with van der Waals surface area (Å²) >= 11 is 0. The normalized spacial score (nSPS) is 23.7. The average molecular weight is 556 g/mol. The number of aliphatic carboxylic acids is 1. The van der Waals surface area contributed by atoms with Crippen molar-refractivity contribution in [1.82, 2.24) is 10.2 Å². The molecular weight excluding hydrogens is 530 g/mol. The Morgan fingerprint density at radius 1 is 1.00 bits per heavy atom. The standard InChI is InChI=1S/C30H25N3O8/c34-14-13-32-27(35)24-25(28(32)36)30(29(37)38,16-17-5-6-18-3-1-2-4-20(18)15-17)31-26(24)23-12-11-22(41-23)19-7-9-21(10-8-19)33(39)40/h1-12,15,24-26,31,34H,13-14,16H2,(H,37,38). The maximum atomic E-state index is 13.6. The van der Waals surface area contributed by atoms with Gasteiger partial charge in [-0.3, -0.25) is 34.7 Å². The van der Waals surface area contributed by atoms with Crippen LogP contribution in [0.3, 0.4) is 0 Å². The van der Waals surface area contributed by atoms with E-state index in [1.807, 2.05) is 42.5 Å². The number of aliphatic hydroxyl groups is 1. The van der Waals surface area contributed by atoms with E-state index in [0.29, 0.717) is 16.9 Å². The Balaban J connectivity index is 1.41. The van der Waals surface area contributed by atoms with E-state index in [0.717, 1.165) is 15.7 Å². The van der Waals surface area contributed by atoms with Crippen LogP contribution >= 0.6 is 0 Å². The number of carbonyl (C=O) groups excluding carboxylic acids is 2. The zero-order chi connectivity index (χ0) is 28.9. The number of nitro benzene ring substituents is 1. The number of β-amino-alcohol motifs (C(OH)–C–C–N with tert-alkyl or cyclic N) is 1. The molecule has 3 aromatic carbocycles. The highest BCUT2D eigenvalue weighted by Crippen LogP contribution is 2.50. The van der Waals surface area contributed by atoms with Crippen molar-refractivity contribution in [3.63, 3.8) is 0 Å². The molecular formula is C30H25N3O8. The zero-order valence-corrected chi connectivity index (χ0v) is 21.6. The van der Waals surface area contributed by atoms with Crippen LogP contribution < -0.4 is 5.32 Å². The minimum absolute atomic E-state index is 0.0766. The van der Waals surface area contributed by atoms with Crippen molar-refractivity contribution in [2.75, 3.05) is 13.2 Å². The number of likely N-dealkylation sites (tertiary alicyclic amines) is 1. The predicted octanol–water partition coefficient (Wildman–Crippen LogP) is 3.31. The summed E-state index contributed by atoms with van der Waals surface area (Å²) in [5.41, 5.74) is -0.702. The van der Waals surface area contributed by atoms with Gasteiger partial charge in [-0.05, 0) is 40.6 Å². The lowest BCUT2D eigenvalue weighted by molar-refractivity contribution is -0.384. The van der Waals surface area contributed by atoms with Gasteiger partial charge in [0.1, 0.15) is 17.1 Å². The van der Waals surface area contributed by atoms with Gasteiger partial charge in [-0.2, -0.15) is 0 Å². The number of nitro groups is 1. The van der Waals surface area contributed by atoms with Gasteiger partial charge in [0.15, 0.2) is 0 Å². The molecule has 208 valence electrons. The second kappa shape index (κ2) is 9.95. The Morgan fingerprint density at radius 3 is 2.41 bits per heavy atom. The van der Waals surface area contributed by atoms with E-state index >= 15 is 0 Å². The molecule has 3 heterocycles. The van der Waals surface area contributed by atoms with E-state index in [1.165, 1.54) is 24.3 Å². The molecule has 0 saturated carbocycles. The maximum Gasteiger partial charge on any atom is 0.325 e. The van der Waals surface area contributed by atoms with Crippen molar-refractivity contribution in [2.24, 2.45) is 11.8 Å². The van der Waals surface area contributed by atoms with Crippen LogP contribution in [0.1, 0.15) is 17.4 Å². The Labute approximate surface area is 233 Å². The van der Waals surface area contributed by atoms with Crippen molar-refractivity contribution < 1.29 is 33.9 Å². The van der Waals surface area contributed by atoms with Crippen molar-refractivity contribution in [3.8, 4) is 11.3 Å². The fraction of sp³-hybridized carbons (Fsp3) is 0.233. The van der Waals surface area contributed by atoms with E-state index in [2.05, 4.69) is 5.32 Å². The number of furan rings is 1. The van der Waals surface area contributed by atoms with Gasteiger partial charge in [-0.1, -0.05) is 42.5 Å². The van der Waals surface area contributed by atoms with Gasteiger partial charge in [0.25, 0.3) is 5.69 Å². The van der Waals surface area contributed by atoms with Crippen LogP contribution in [0.15, 0.2) is 83.3 Å². The second-order valence-corrected chi connectivity index (χ2v) is 10.3. The van der Waals surface area contributed by atoms with Gasteiger partial charge >= 0.3 is 5.97 Å². The maximum absolute atomic E-state index is 13.6. The lowest BCUT2D eigenvalue weighted by atomic mass is 9.76. The number of nitrogens with zero attached hydrogens (tertiary/aromatic N) is 2. The first kappa shape index (κ1) is 26.4. The van der Waals surface area contributed by atoms with Gasteiger partial charge in [0.2, 0.25) is 11.8 Å². The number of fused-ring (bicyclic) bond motifs is 2. The monoisotopic (exact) mass is 555 g/mol. The molecule has 4 aromatic rings. The number of carboxylic acids is 1. The van der Waals surface area contributed by atoms with Crippen molar-refractivity contribution >= 4 is 34.2 Å². The highest BCUT2D eigenvalue weighted by molar-refractivity contribution is 6.09. The molecule has 11 nitrogen and oxygen atoms in total. The van der Waals surface area contributed by atoms with Gasteiger partial charge < -0.3 is 14.6 Å². The fourth-order valence-corrected chi connectivity index (χ4v) is 6.16. The Morgan fingerprint density at radius 2 is 1.73 bits per heavy atom. The number of benzene rings is 3. The molecule has 4 unspecified atom stereocenters. The third-order valence-corrected chi connectivity index (χ3v) is 8.04. The van der Waals surface area contributed by atoms with Gasteiger partial charge in [0.05, 0.1) is 36.0 Å². The summed E-state index contributed by atoms with van der Waals surface area (Å²) in [4.78, 5) is 51.7. The van der Waals surface area contributed by atoms with Crippen LogP contribution in [0.2, 0.25) is 0 Å². The van der Waals surface area contributed by atoms with E-state index < -0.39 is 52.7 Å². The number of hydrogen-bond donors (Lipinski definition) is 3. The number of non-ortho nitro benzene ring substituents is 1. The van der Waals surface area contributed by atoms with E-state index in [9.17, 15) is 34.7 Å². The summed E-state index contributed by atoms with van der Waals surface area (Å²) in [6.07, 6.45) is -0.0766. The molecule has 2 saturated heterocycles. The molecule has 41 heavy (non-hydrogen) atoms. The summed E-state index contributed by atoms with van der Waals surface area (Å²) in [5.74, 6) is -4.24. The summed E-state index contributed by atoms with van der Waals surface area (Å²) in [6.45, 7) is -0.694. The molecule has 2 aliphatic rings. The molecule has 0 bridgehead atoms. The Kier molecular flexibility index (Phi) is 6.40. The smallest absolute Gasteiger partial charge is 0.325 e. The van der Waals surface area contributed by atoms with E-state index in [-0.39, 0.29) is 24.4 Å². The minimum atomic E-state index is -1.84. The summed E-state index contributed by atoms with van der Waals surface area (Å²) in [7, 11) is 0. The molecule has 6 rings (SSSR count). The quantitative estimate of drug-likeness (QED) is 0.168. The van der Waals surface area contributed by atoms with Crippen LogP contribution in [0.4, 0.5) is 5.69 Å². The number of rotatable bonds is 8. The second-order valence-electron chi connectivity index (χ2n) is 10.3. The third-order valence-electron chi connectivity index (χ3n) is 8.04. The lowest BCUT2D eigenvalue weighted by Crippen LogP contribution is -2.57. The van der Waals surface area contributed by atoms with Crippen molar-refractivity contribution in [2.45, 2.75) is 18.0 Å². The summed E-state index contributed by atoms with van der Waals surface area (Å²) in [6, 6.07) is 21.2. The number of imide groups is 1. The third kappa shape index (κ3) is 4.26. The average Bonchev–Trinajstić information content (AvgIpc) is 3.65. The topological polar surface area (TPSA) is 163 Å². The lowest BCUT2D eigenvalue weighted by Gasteiger charge is -2.31. The summed E-state index contributed by atoms with van der Waals surface area (Å²) < 4.78 is 6.07. The number of carboxylic acid groups (broad SMARTS) is 1. The largest absolute Gasteiger partial charge is 0.480 e. The zero-order valence-electron chi connectivity index (χ0n) is 21.6. The Bertz CT molecular complexity index is 1700. The molecule has 1 aromatic heterocycles. The SMILES string of the molecule is O=C1C2C(c3ccc(-c4ccc([N+](=O)[O-])cc4)o3)NC(Cc3ccc4ccccc4c3)(C(=O)O)C2C(=O)N1CCO. The first-order valence-electron chi connectivity index (χ1n) is 13.0. The molecule has 0 aliphatic carbocycles. The molecule has 2 aliphatic heterocycles. The van der Waals surface area contributed by atoms with E-state index in [4.69, 9.17) is 4.42 Å². The van der Waals surface area contributed by atoms with Crippen LogP contribution in [0.5, 0.6) is 0 Å². The fourth-order valence-electron chi connectivity index (χ4n) is 6.16. The molecule has 3 N–H and O–H groups in total. The number of nitrogens with one attached hydrogen (secondary N) is 1. The number of carbonyl (C=O) groups is 3. The molecule has 0 spiro atoms. The molecule has 4 atom stereocenters. The van der Waals surface area contributed by atoms with Gasteiger partial charge in [0, 0.05) is 24.1 Å². The molecule has 2 fully saturated rings. The van der Waals surface area contributed by atoms with E-state index in [1.54, 1.807) is 12.1 Å². The van der Waals surface area contributed by atoms with Gasteiger partial charge in [-0.25, -0.2) is 0 Å². The van der Waals surface area contributed by atoms with Crippen LogP contribution in [0, 0.1) is 22.0 Å².